The molecule has 0 spiro atoms. The Hall–Kier alpha value is -0.120. The van der Waals surface area contributed by atoms with Crippen LogP contribution < -0.4 is 0 Å². The SMILES string of the molecule is COC1CCN(C2CCCN(C)CC2)CC1. The molecule has 2 heterocycles. The lowest BCUT2D eigenvalue weighted by Crippen LogP contribution is -2.43. The molecule has 0 aromatic carbocycles. The molecule has 0 bridgehead atoms. The molecule has 3 nitrogen and oxygen atoms in total. The van der Waals surface area contributed by atoms with Gasteiger partial charge in [-0.05, 0) is 52.2 Å². The van der Waals surface area contributed by atoms with Gasteiger partial charge < -0.3 is 14.5 Å². The highest BCUT2D eigenvalue weighted by Crippen LogP contribution is 2.21. The van der Waals surface area contributed by atoms with E-state index in [4.69, 9.17) is 4.74 Å². The summed E-state index contributed by atoms with van der Waals surface area (Å²) in [4.78, 5) is 5.18. The Morgan fingerprint density at radius 2 is 1.69 bits per heavy atom. The minimum absolute atomic E-state index is 0.518. The van der Waals surface area contributed by atoms with Crippen LogP contribution >= 0.6 is 0 Å². The average Bonchev–Trinajstić information content (AvgIpc) is 2.54. The molecule has 0 saturated carbocycles. The van der Waals surface area contributed by atoms with Crippen LogP contribution in [0.1, 0.15) is 32.1 Å². The van der Waals surface area contributed by atoms with E-state index < -0.39 is 0 Å². The first-order valence-corrected chi connectivity index (χ1v) is 6.75. The summed E-state index contributed by atoms with van der Waals surface area (Å²) >= 11 is 0. The Morgan fingerprint density at radius 1 is 0.938 bits per heavy atom. The third-order valence-electron chi connectivity index (χ3n) is 4.25. The smallest absolute Gasteiger partial charge is 0.0595 e. The van der Waals surface area contributed by atoms with Crippen molar-refractivity contribution in [1.82, 2.24) is 9.80 Å². The van der Waals surface area contributed by atoms with E-state index in [2.05, 4.69) is 16.8 Å². The molecule has 16 heavy (non-hydrogen) atoms. The van der Waals surface area contributed by atoms with E-state index in [1.807, 2.05) is 7.11 Å². The summed E-state index contributed by atoms with van der Waals surface area (Å²) in [6.45, 7) is 5.04. The number of ether oxygens (including phenoxy) is 1. The number of hydrogen-bond donors (Lipinski definition) is 0. The van der Waals surface area contributed by atoms with Crippen molar-refractivity contribution < 1.29 is 4.74 Å². The van der Waals surface area contributed by atoms with Crippen LogP contribution in [0, 0.1) is 0 Å². The largest absolute Gasteiger partial charge is 0.381 e. The van der Waals surface area contributed by atoms with E-state index in [0.29, 0.717) is 6.10 Å². The van der Waals surface area contributed by atoms with Gasteiger partial charge in [-0.25, -0.2) is 0 Å². The van der Waals surface area contributed by atoms with Crippen molar-refractivity contribution in [3.8, 4) is 0 Å². The van der Waals surface area contributed by atoms with Gasteiger partial charge in [0.25, 0.3) is 0 Å². The molecule has 94 valence electrons. The topological polar surface area (TPSA) is 15.7 Å². The van der Waals surface area contributed by atoms with Crippen LogP contribution in [0.25, 0.3) is 0 Å². The lowest BCUT2D eigenvalue weighted by atomic mass is 10.0. The Kier molecular flexibility index (Phi) is 4.62. The van der Waals surface area contributed by atoms with Gasteiger partial charge in [0, 0.05) is 26.2 Å². The van der Waals surface area contributed by atoms with Crippen molar-refractivity contribution >= 4 is 0 Å². The normalized spacial score (nSPS) is 31.5. The van der Waals surface area contributed by atoms with Crippen molar-refractivity contribution in [3.63, 3.8) is 0 Å². The fraction of sp³-hybridized carbons (Fsp3) is 1.00. The number of piperidine rings is 1. The molecule has 2 fully saturated rings. The number of hydrogen-bond acceptors (Lipinski definition) is 3. The molecule has 0 N–H and O–H groups in total. The highest BCUT2D eigenvalue weighted by molar-refractivity contribution is 4.81. The molecule has 1 atom stereocenters. The molecule has 0 aromatic heterocycles. The Balaban J connectivity index is 1.79. The third kappa shape index (κ3) is 3.19. The maximum atomic E-state index is 5.43. The van der Waals surface area contributed by atoms with Crippen LogP contribution in [-0.2, 0) is 4.74 Å². The van der Waals surface area contributed by atoms with Crippen LogP contribution in [0.5, 0.6) is 0 Å². The van der Waals surface area contributed by atoms with Gasteiger partial charge in [-0.2, -0.15) is 0 Å². The van der Waals surface area contributed by atoms with Gasteiger partial charge in [-0.15, -0.1) is 0 Å². The minimum atomic E-state index is 0.518. The van der Waals surface area contributed by atoms with Crippen LogP contribution in [0.4, 0.5) is 0 Å². The van der Waals surface area contributed by atoms with Crippen molar-refractivity contribution in [1.29, 1.82) is 0 Å². The van der Waals surface area contributed by atoms with Crippen molar-refractivity contribution in [3.05, 3.63) is 0 Å². The monoisotopic (exact) mass is 226 g/mol. The molecule has 1 unspecified atom stereocenters. The van der Waals surface area contributed by atoms with Crippen LogP contribution in [0.3, 0.4) is 0 Å². The molecule has 0 aliphatic carbocycles. The van der Waals surface area contributed by atoms with Crippen molar-refractivity contribution in [2.45, 2.75) is 44.2 Å². The molecule has 2 aliphatic heterocycles. The second kappa shape index (κ2) is 5.99. The van der Waals surface area contributed by atoms with Crippen LogP contribution in [0.15, 0.2) is 0 Å². The van der Waals surface area contributed by atoms with Crippen molar-refractivity contribution in [2.75, 3.05) is 40.3 Å². The van der Waals surface area contributed by atoms with Crippen molar-refractivity contribution in [2.24, 2.45) is 0 Å². The third-order valence-corrected chi connectivity index (χ3v) is 4.25. The zero-order valence-electron chi connectivity index (χ0n) is 10.8. The van der Waals surface area contributed by atoms with E-state index in [1.54, 1.807) is 0 Å². The maximum Gasteiger partial charge on any atom is 0.0595 e. The summed E-state index contributed by atoms with van der Waals surface area (Å²) in [5.41, 5.74) is 0. The summed E-state index contributed by atoms with van der Waals surface area (Å²) < 4.78 is 5.43. The molecule has 2 rings (SSSR count). The van der Waals surface area contributed by atoms with Crippen LogP contribution in [-0.4, -0.2) is 62.3 Å². The van der Waals surface area contributed by atoms with Gasteiger partial charge >= 0.3 is 0 Å². The molecule has 0 radical (unpaired) electrons. The van der Waals surface area contributed by atoms with Gasteiger partial charge in [0.05, 0.1) is 6.10 Å². The molecule has 0 amide bonds. The molecule has 2 aliphatic rings. The quantitative estimate of drug-likeness (QED) is 0.711. The van der Waals surface area contributed by atoms with E-state index in [9.17, 15) is 0 Å². The summed E-state index contributed by atoms with van der Waals surface area (Å²) in [6, 6.07) is 0.836. The van der Waals surface area contributed by atoms with E-state index in [-0.39, 0.29) is 0 Å². The summed E-state index contributed by atoms with van der Waals surface area (Å²) in [5.74, 6) is 0. The first kappa shape index (κ1) is 12.3. The highest BCUT2D eigenvalue weighted by Gasteiger charge is 2.25. The van der Waals surface area contributed by atoms with Gasteiger partial charge in [-0.1, -0.05) is 0 Å². The number of rotatable bonds is 2. The predicted molar refractivity (Wildman–Crippen MR) is 66.7 cm³/mol. The van der Waals surface area contributed by atoms with Gasteiger partial charge in [-0.3, -0.25) is 0 Å². The lowest BCUT2D eigenvalue weighted by molar-refractivity contribution is 0.0249. The average molecular weight is 226 g/mol. The zero-order chi connectivity index (χ0) is 11.4. The van der Waals surface area contributed by atoms with Gasteiger partial charge in [0.2, 0.25) is 0 Å². The minimum Gasteiger partial charge on any atom is -0.381 e. The molecule has 2 saturated heterocycles. The Bertz CT molecular complexity index is 202. The van der Waals surface area contributed by atoms with E-state index >= 15 is 0 Å². The van der Waals surface area contributed by atoms with Gasteiger partial charge in [0.15, 0.2) is 0 Å². The predicted octanol–water partition coefficient (Wildman–Crippen LogP) is 1.58. The number of methoxy groups -OCH3 is 1. The fourth-order valence-corrected chi connectivity index (χ4v) is 3.06. The Labute approximate surface area is 99.7 Å². The summed E-state index contributed by atoms with van der Waals surface area (Å²) in [5, 5.41) is 0. The summed E-state index contributed by atoms with van der Waals surface area (Å²) in [6.07, 6.45) is 7.08. The highest BCUT2D eigenvalue weighted by atomic mass is 16.5. The van der Waals surface area contributed by atoms with E-state index in [0.717, 1.165) is 6.04 Å². The second-order valence-corrected chi connectivity index (χ2v) is 5.36. The lowest BCUT2D eigenvalue weighted by Gasteiger charge is -2.36. The fourth-order valence-electron chi connectivity index (χ4n) is 3.06. The first-order chi connectivity index (χ1) is 7.79. The molecule has 3 heteroatoms. The maximum absolute atomic E-state index is 5.43. The molecular formula is C13H26N2O. The Morgan fingerprint density at radius 3 is 2.38 bits per heavy atom. The standard InChI is InChI=1S/C13H26N2O/c1-14-8-3-4-12(5-9-14)15-10-6-13(16-2)7-11-15/h12-13H,3-11H2,1-2H3. The number of nitrogens with zero attached hydrogens (tertiary/aromatic N) is 2. The zero-order valence-corrected chi connectivity index (χ0v) is 10.8. The first-order valence-electron chi connectivity index (χ1n) is 6.75. The second-order valence-electron chi connectivity index (χ2n) is 5.36. The van der Waals surface area contributed by atoms with Gasteiger partial charge in [0.1, 0.15) is 0 Å². The molecule has 0 aromatic rings. The number of likely N-dealkylation sites (tertiary alicyclic amines) is 2. The summed E-state index contributed by atoms with van der Waals surface area (Å²) in [7, 11) is 4.10. The van der Waals surface area contributed by atoms with E-state index in [1.165, 1.54) is 58.3 Å². The van der Waals surface area contributed by atoms with Crippen LogP contribution in [0.2, 0.25) is 0 Å². The molecular weight excluding hydrogens is 200 g/mol.